The average molecular weight is 538 g/mol. The van der Waals surface area contributed by atoms with Crippen molar-refractivity contribution in [2.75, 3.05) is 13.1 Å². The zero-order valence-electron chi connectivity index (χ0n) is 24.0. The Kier molecular flexibility index (Phi) is 10.6. The maximum absolute atomic E-state index is 13.2. The maximum atomic E-state index is 13.2. The molecular weight excluding hydrogens is 490 g/mol. The first-order valence-corrected chi connectivity index (χ1v) is 15.1. The third-order valence-corrected chi connectivity index (χ3v) is 8.39. The molecule has 0 aromatic heterocycles. The summed E-state index contributed by atoms with van der Waals surface area (Å²) in [5.74, 6) is 1.20. The van der Waals surface area contributed by atoms with Gasteiger partial charge in [-0.1, -0.05) is 56.4 Å². The zero-order chi connectivity index (χ0) is 27.8. The summed E-state index contributed by atoms with van der Waals surface area (Å²) in [4.78, 5) is 39.6. The molecule has 4 atom stereocenters. The Labute approximate surface area is 233 Å². The third kappa shape index (κ3) is 8.92. The van der Waals surface area contributed by atoms with Gasteiger partial charge in [0, 0.05) is 19.0 Å². The molecule has 2 amide bonds. The molecule has 214 valence electrons. The van der Waals surface area contributed by atoms with Gasteiger partial charge in [0.2, 0.25) is 11.8 Å². The quantitative estimate of drug-likeness (QED) is 0.528. The Morgan fingerprint density at radius 2 is 1.69 bits per heavy atom. The monoisotopic (exact) mass is 537 g/mol. The van der Waals surface area contributed by atoms with Crippen LogP contribution in [-0.2, 0) is 20.8 Å². The van der Waals surface area contributed by atoms with Crippen molar-refractivity contribution in [3.05, 3.63) is 41.5 Å². The molecule has 2 saturated carbocycles. The highest BCUT2D eigenvalue weighted by atomic mass is 16.5. The molecule has 0 radical (unpaired) electrons. The van der Waals surface area contributed by atoms with E-state index in [2.05, 4.69) is 22.0 Å². The van der Waals surface area contributed by atoms with Gasteiger partial charge in [-0.3, -0.25) is 14.4 Å². The lowest BCUT2D eigenvalue weighted by atomic mass is 9.95. The molecule has 1 aromatic rings. The molecular formula is C32H47N3O4. The van der Waals surface area contributed by atoms with Crippen molar-refractivity contribution < 1.29 is 19.1 Å². The molecule has 7 nitrogen and oxygen atoms in total. The minimum Gasteiger partial charge on any atom is -0.489 e. The van der Waals surface area contributed by atoms with Gasteiger partial charge in [0.25, 0.3) is 0 Å². The largest absolute Gasteiger partial charge is 0.489 e. The summed E-state index contributed by atoms with van der Waals surface area (Å²) in [6.07, 6.45) is 11.1. The van der Waals surface area contributed by atoms with E-state index in [0.717, 1.165) is 55.4 Å². The van der Waals surface area contributed by atoms with E-state index in [0.29, 0.717) is 37.8 Å². The first-order valence-electron chi connectivity index (χ1n) is 15.1. The summed E-state index contributed by atoms with van der Waals surface area (Å²) in [6.45, 7) is 6.94. The Balaban J connectivity index is 1.51. The number of rotatable bonds is 3. The molecule has 3 aliphatic rings. The number of fused-ring (bicyclic) bond motifs is 1. The molecule has 1 heterocycles. The van der Waals surface area contributed by atoms with Gasteiger partial charge >= 0.3 is 0 Å². The Bertz CT molecular complexity index is 1030. The van der Waals surface area contributed by atoms with Crippen LogP contribution in [0.2, 0.25) is 0 Å². The highest BCUT2D eigenvalue weighted by molar-refractivity contribution is 5.95. The zero-order valence-corrected chi connectivity index (χ0v) is 24.0. The smallest absolute Gasteiger partial charge is 0.242 e. The molecule has 2 fully saturated rings. The number of para-hydroxylation sites is 1. The lowest BCUT2D eigenvalue weighted by Crippen LogP contribution is -2.49. The molecule has 0 spiro atoms. The summed E-state index contributed by atoms with van der Waals surface area (Å²) in [6, 6.07) is 7.28. The second-order valence-electron chi connectivity index (χ2n) is 12.1. The van der Waals surface area contributed by atoms with E-state index >= 15 is 0 Å². The highest BCUT2D eigenvalue weighted by Gasteiger charge is 2.35. The second kappa shape index (κ2) is 14.1. The van der Waals surface area contributed by atoms with Crippen molar-refractivity contribution in [3.63, 3.8) is 0 Å². The molecule has 0 bridgehead atoms. The summed E-state index contributed by atoms with van der Waals surface area (Å²) < 4.78 is 6.30. The number of aryl methyl sites for hydroxylation is 1. The summed E-state index contributed by atoms with van der Waals surface area (Å²) in [5.41, 5.74) is 1.99. The topological polar surface area (TPSA) is 96.5 Å². The van der Waals surface area contributed by atoms with Gasteiger partial charge < -0.3 is 20.7 Å². The summed E-state index contributed by atoms with van der Waals surface area (Å²) >= 11 is 0. The van der Waals surface area contributed by atoms with Gasteiger partial charge in [0.15, 0.2) is 5.78 Å². The van der Waals surface area contributed by atoms with Crippen LogP contribution < -0.4 is 20.7 Å². The van der Waals surface area contributed by atoms with Crippen LogP contribution in [0.4, 0.5) is 0 Å². The summed E-state index contributed by atoms with van der Waals surface area (Å²) in [7, 11) is 0. The van der Waals surface area contributed by atoms with Crippen LogP contribution in [0.3, 0.4) is 0 Å². The standard InChI is InChI=1S/C32H47N3O4/c1-21-17-22(2)31(37)35-27(19-24-9-4-5-10-24)32(38)33-16-8-12-25-11-6-7-13-29(25)39-23(3)20-34-30(26-14-15-26)28(36)18-21/h6-7,11,13,18,22-24,26-27,30,34H,4-5,8-10,12,14-17,19-20H2,1-3H3,(H,33,38)(H,35,37)/b21-18+/t22-,23+,27+,30-/m0/s1. The first kappa shape index (κ1) is 29.3. The van der Waals surface area contributed by atoms with E-state index in [1.165, 1.54) is 12.8 Å². The fourth-order valence-electron chi connectivity index (χ4n) is 6.01. The molecule has 39 heavy (non-hydrogen) atoms. The Hall–Kier alpha value is -2.67. The van der Waals surface area contributed by atoms with Gasteiger partial charge in [0.05, 0.1) is 6.04 Å². The molecule has 1 aliphatic heterocycles. The van der Waals surface area contributed by atoms with E-state index in [4.69, 9.17) is 4.74 Å². The van der Waals surface area contributed by atoms with Gasteiger partial charge in [-0.15, -0.1) is 0 Å². The van der Waals surface area contributed by atoms with Crippen LogP contribution in [0.5, 0.6) is 5.75 Å². The van der Waals surface area contributed by atoms with Crippen molar-refractivity contribution in [2.45, 2.75) is 103 Å². The number of amides is 2. The van der Waals surface area contributed by atoms with Crippen molar-refractivity contribution >= 4 is 17.6 Å². The van der Waals surface area contributed by atoms with Crippen LogP contribution in [0.15, 0.2) is 35.9 Å². The first-order chi connectivity index (χ1) is 18.8. The van der Waals surface area contributed by atoms with Crippen LogP contribution in [-0.4, -0.2) is 48.9 Å². The van der Waals surface area contributed by atoms with Gasteiger partial charge in [-0.25, -0.2) is 0 Å². The molecule has 2 aliphatic carbocycles. The minimum absolute atomic E-state index is 0.0723. The van der Waals surface area contributed by atoms with Crippen LogP contribution in [0, 0.1) is 17.8 Å². The van der Waals surface area contributed by atoms with Crippen molar-refractivity contribution in [1.82, 2.24) is 16.0 Å². The lowest BCUT2D eigenvalue weighted by molar-refractivity contribution is -0.131. The number of nitrogens with one attached hydrogen (secondary N) is 3. The van der Waals surface area contributed by atoms with Crippen LogP contribution in [0.25, 0.3) is 0 Å². The number of hydrogen-bond donors (Lipinski definition) is 3. The highest BCUT2D eigenvalue weighted by Crippen LogP contribution is 2.34. The number of carbonyl (C=O) groups is 3. The minimum atomic E-state index is -0.528. The van der Waals surface area contributed by atoms with Gasteiger partial charge in [-0.05, 0) is 81.9 Å². The number of ether oxygens (including phenoxy) is 1. The van der Waals surface area contributed by atoms with E-state index in [1.807, 2.05) is 39.0 Å². The molecule has 7 heteroatoms. The van der Waals surface area contributed by atoms with E-state index in [9.17, 15) is 14.4 Å². The third-order valence-electron chi connectivity index (χ3n) is 8.39. The fraction of sp³-hybridized carbons (Fsp3) is 0.656. The van der Waals surface area contributed by atoms with Crippen LogP contribution >= 0.6 is 0 Å². The SMILES string of the molecule is C/C1=C\C(=O)[C@H](C2CC2)NC[C@@H](C)Oc2ccccc2CCCNC(=O)[C@@H](CC2CCCC2)NC(=O)[C@@H](C)C1. The van der Waals surface area contributed by atoms with Gasteiger partial charge in [0.1, 0.15) is 17.9 Å². The number of allylic oxidation sites excluding steroid dienone is 1. The predicted molar refractivity (Wildman–Crippen MR) is 153 cm³/mol. The predicted octanol–water partition coefficient (Wildman–Crippen LogP) is 4.49. The van der Waals surface area contributed by atoms with E-state index in [1.54, 1.807) is 6.08 Å². The number of ketones is 1. The molecule has 0 unspecified atom stereocenters. The Morgan fingerprint density at radius 3 is 2.44 bits per heavy atom. The van der Waals surface area contributed by atoms with Crippen molar-refractivity contribution in [2.24, 2.45) is 17.8 Å². The molecule has 3 N–H and O–H groups in total. The number of hydrogen-bond acceptors (Lipinski definition) is 5. The molecule has 1 aromatic carbocycles. The second-order valence-corrected chi connectivity index (χ2v) is 12.1. The summed E-state index contributed by atoms with van der Waals surface area (Å²) in [5, 5.41) is 9.61. The normalized spacial score (nSPS) is 30.3. The maximum Gasteiger partial charge on any atom is 0.242 e. The number of benzene rings is 1. The van der Waals surface area contributed by atoms with E-state index < -0.39 is 6.04 Å². The average Bonchev–Trinajstić information content (AvgIpc) is 3.60. The Morgan fingerprint density at radius 1 is 0.949 bits per heavy atom. The fourth-order valence-corrected chi connectivity index (χ4v) is 6.01. The van der Waals surface area contributed by atoms with E-state index in [-0.39, 0.29) is 35.7 Å². The van der Waals surface area contributed by atoms with Gasteiger partial charge in [-0.2, -0.15) is 0 Å². The number of carbonyl (C=O) groups excluding carboxylic acids is 3. The van der Waals surface area contributed by atoms with Crippen molar-refractivity contribution in [1.29, 1.82) is 0 Å². The van der Waals surface area contributed by atoms with Crippen LogP contribution in [0.1, 0.15) is 84.1 Å². The lowest BCUT2D eigenvalue weighted by Gasteiger charge is -2.24. The molecule has 0 saturated heterocycles. The van der Waals surface area contributed by atoms with Crippen molar-refractivity contribution in [3.8, 4) is 5.75 Å². The molecule has 4 rings (SSSR count).